The quantitative estimate of drug-likeness (QED) is 0.514. The molecule has 0 aromatic rings. The van der Waals surface area contributed by atoms with Crippen LogP contribution in [0.4, 0.5) is 0 Å². The van der Waals surface area contributed by atoms with Crippen LogP contribution in [0.2, 0.25) is 0 Å². The zero-order valence-corrected chi connectivity index (χ0v) is 7.45. The molecule has 2 nitrogen and oxygen atoms in total. The van der Waals surface area contributed by atoms with Crippen molar-refractivity contribution in [3.8, 4) is 0 Å². The third-order valence-corrected chi connectivity index (χ3v) is 1.23. The van der Waals surface area contributed by atoms with Gasteiger partial charge in [0.15, 0.2) is 0 Å². The molecule has 0 aliphatic rings. The molecule has 66 valence electrons. The largest absolute Gasteiger partial charge is 0.478 e. The van der Waals surface area contributed by atoms with E-state index in [4.69, 9.17) is 5.11 Å². The van der Waals surface area contributed by atoms with Gasteiger partial charge >= 0.3 is 5.97 Å². The molecule has 2 heteroatoms. The van der Waals surface area contributed by atoms with Gasteiger partial charge in [-0.2, -0.15) is 0 Å². The standard InChI is InChI=1S/C10H14O2/c1-8(2)4-5-9(3)6-7-10(11)12/h4-7,9H,1H2,2-3H3,(H,11,12)/b5-4-,7-6+. The number of carboxylic acid groups (broad SMARTS) is 1. The maximum absolute atomic E-state index is 10.1. The minimum Gasteiger partial charge on any atom is -0.478 e. The normalized spacial score (nSPS) is 13.8. The van der Waals surface area contributed by atoms with Crippen molar-refractivity contribution in [2.75, 3.05) is 0 Å². The summed E-state index contributed by atoms with van der Waals surface area (Å²) in [6.07, 6.45) is 6.55. The Bertz CT molecular complexity index is 200. The third-order valence-electron chi connectivity index (χ3n) is 1.23. The van der Waals surface area contributed by atoms with Crippen molar-refractivity contribution in [1.82, 2.24) is 0 Å². The third kappa shape index (κ3) is 6.81. The van der Waals surface area contributed by atoms with Crippen LogP contribution in [0.3, 0.4) is 0 Å². The van der Waals surface area contributed by atoms with Gasteiger partial charge in [0.25, 0.3) is 0 Å². The van der Waals surface area contributed by atoms with E-state index in [0.29, 0.717) is 0 Å². The molecule has 0 saturated heterocycles. The first kappa shape index (κ1) is 10.7. The van der Waals surface area contributed by atoms with Crippen molar-refractivity contribution in [3.63, 3.8) is 0 Å². The van der Waals surface area contributed by atoms with Crippen LogP contribution in [0.5, 0.6) is 0 Å². The van der Waals surface area contributed by atoms with Gasteiger partial charge in [-0.1, -0.05) is 37.3 Å². The molecule has 0 spiro atoms. The lowest BCUT2D eigenvalue weighted by Crippen LogP contribution is -1.89. The first-order valence-corrected chi connectivity index (χ1v) is 3.77. The summed E-state index contributed by atoms with van der Waals surface area (Å²) in [6.45, 7) is 7.50. The number of aliphatic carboxylic acids is 1. The second-order valence-electron chi connectivity index (χ2n) is 2.76. The molecule has 0 heterocycles. The molecule has 0 radical (unpaired) electrons. The van der Waals surface area contributed by atoms with Crippen LogP contribution in [0, 0.1) is 5.92 Å². The van der Waals surface area contributed by atoms with Gasteiger partial charge in [-0.05, 0) is 12.8 Å². The molecule has 12 heavy (non-hydrogen) atoms. The predicted molar refractivity (Wildman–Crippen MR) is 49.9 cm³/mol. The fourth-order valence-corrected chi connectivity index (χ4v) is 0.614. The monoisotopic (exact) mass is 166 g/mol. The molecule has 0 fully saturated rings. The summed E-state index contributed by atoms with van der Waals surface area (Å²) in [5, 5.41) is 8.31. The van der Waals surface area contributed by atoms with E-state index in [-0.39, 0.29) is 5.92 Å². The maximum Gasteiger partial charge on any atom is 0.327 e. The number of hydrogen-bond donors (Lipinski definition) is 1. The Balaban J connectivity index is 3.97. The summed E-state index contributed by atoms with van der Waals surface area (Å²) in [6, 6.07) is 0. The Morgan fingerprint density at radius 1 is 1.42 bits per heavy atom. The first-order valence-electron chi connectivity index (χ1n) is 3.77. The lowest BCUT2D eigenvalue weighted by atomic mass is 10.1. The lowest BCUT2D eigenvalue weighted by Gasteiger charge is -1.95. The molecule has 0 rings (SSSR count). The Labute approximate surface area is 72.9 Å². The van der Waals surface area contributed by atoms with Gasteiger partial charge in [0.2, 0.25) is 0 Å². The highest BCUT2D eigenvalue weighted by atomic mass is 16.4. The van der Waals surface area contributed by atoms with Crippen LogP contribution in [0.25, 0.3) is 0 Å². The highest BCUT2D eigenvalue weighted by Crippen LogP contribution is 2.01. The lowest BCUT2D eigenvalue weighted by molar-refractivity contribution is -0.131. The van der Waals surface area contributed by atoms with E-state index in [1.807, 2.05) is 26.0 Å². The molecule has 0 aromatic heterocycles. The SMILES string of the molecule is C=C(C)/C=C\C(C)/C=C/C(=O)O. The summed E-state index contributed by atoms with van der Waals surface area (Å²) in [5.41, 5.74) is 0.963. The molecule has 1 atom stereocenters. The van der Waals surface area contributed by atoms with E-state index in [1.54, 1.807) is 6.08 Å². The first-order chi connectivity index (χ1) is 5.52. The van der Waals surface area contributed by atoms with Gasteiger partial charge in [0.1, 0.15) is 0 Å². The van der Waals surface area contributed by atoms with Crippen molar-refractivity contribution < 1.29 is 9.90 Å². The van der Waals surface area contributed by atoms with E-state index >= 15 is 0 Å². The molecule has 1 unspecified atom stereocenters. The van der Waals surface area contributed by atoms with Crippen molar-refractivity contribution >= 4 is 5.97 Å². The van der Waals surface area contributed by atoms with Crippen LogP contribution in [-0.2, 0) is 4.79 Å². The maximum atomic E-state index is 10.1. The number of hydrogen-bond acceptors (Lipinski definition) is 1. The van der Waals surface area contributed by atoms with E-state index in [2.05, 4.69) is 6.58 Å². The smallest absolute Gasteiger partial charge is 0.327 e. The van der Waals surface area contributed by atoms with Crippen molar-refractivity contribution in [2.24, 2.45) is 5.92 Å². The summed E-state index contributed by atoms with van der Waals surface area (Å²) < 4.78 is 0. The molecule has 0 saturated carbocycles. The average Bonchev–Trinajstić information content (AvgIpc) is 1.96. The Morgan fingerprint density at radius 2 is 1.92 bits per heavy atom. The van der Waals surface area contributed by atoms with Crippen molar-refractivity contribution in [2.45, 2.75) is 13.8 Å². The Morgan fingerprint density at radius 3 is 2.33 bits per heavy atom. The minimum absolute atomic E-state index is 0.137. The second-order valence-corrected chi connectivity index (χ2v) is 2.76. The van der Waals surface area contributed by atoms with Crippen molar-refractivity contribution in [3.05, 3.63) is 36.5 Å². The van der Waals surface area contributed by atoms with Crippen LogP contribution >= 0.6 is 0 Å². The van der Waals surface area contributed by atoms with Crippen LogP contribution in [0.15, 0.2) is 36.5 Å². The van der Waals surface area contributed by atoms with Gasteiger partial charge in [0, 0.05) is 6.08 Å². The van der Waals surface area contributed by atoms with Crippen LogP contribution < -0.4 is 0 Å². The van der Waals surface area contributed by atoms with E-state index in [0.717, 1.165) is 11.6 Å². The van der Waals surface area contributed by atoms with E-state index in [1.165, 1.54) is 0 Å². The van der Waals surface area contributed by atoms with E-state index < -0.39 is 5.97 Å². The number of carboxylic acids is 1. The predicted octanol–water partition coefficient (Wildman–Crippen LogP) is 2.40. The average molecular weight is 166 g/mol. The Hall–Kier alpha value is -1.31. The molecular formula is C10H14O2. The van der Waals surface area contributed by atoms with Gasteiger partial charge in [-0.25, -0.2) is 4.79 Å². The molecule has 0 bridgehead atoms. The fraction of sp³-hybridized carbons (Fsp3) is 0.300. The molecule has 0 aliphatic carbocycles. The fourth-order valence-electron chi connectivity index (χ4n) is 0.614. The zero-order valence-electron chi connectivity index (χ0n) is 7.45. The molecule has 0 aliphatic heterocycles. The van der Waals surface area contributed by atoms with Gasteiger partial charge < -0.3 is 5.11 Å². The summed E-state index contributed by atoms with van der Waals surface area (Å²) >= 11 is 0. The second kappa shape index (κ2) is 5.35. The highest BCUT2D eigenvalue weighted by molar-refractivity contribution is 5.79. The Kier molecular flexibility index (Phi) is 4.77. The summed E-state index contributed by atoms with van der Waals surface area (Å²) in [4.78, 5) is 10.1. The molecule has 1 N–H and O–H groups in total. The molecular weight excluding hydrogens is 152 g/mol. The topological polar surface area (TPSA) is 37.3 Å². The number of rotatable bonds is 4. The highest BCUT2D eigenvalue weighted by Gasteiger charge is 1.91. The molecule has 0 amide bonds. The van der Waals surface area contributed by atoms with Gasteiger partial charge in [-0.15, -0.1) is 0 Å². The van der Waals surface area contributed by atoms with Crippen LogP contribution in [0.1, 0.15) is 13.8 Å². The zero-order chi connectivity index (χ0) is 9.56. The van der Waals surface area contributed by atoms with Gasteiger partial charge in [-0.3, -0.25) is 0 Å². The van der Waals surface area contributed by atoms with E-state index in [9.17, 15) is 4.79 Å². The summed E-state index contributed by atoms with van der Waals surface area (Å²) in [5.74, 6) is -0.775. The van der Waals surface area contributed by atoms with Crippen LogP contribution in [-0.4, -0.2) is 11.1 Å². The van der Waals surface area contributed by atoms with Gasteiger partial charge in [0.05, 0.1) is 0 Å². The summed E-state index contributed by atoms with van der Waals surface area (Å²) in [7, 11) is 0. The number of allylic oxidation sites excluding steroid dienone is 4. The minimum atomic E-state index is -0.912. The van der Waals surface area contributed by atoms with Crippen molar-refractivity contribution in [1.29, 1.82) is 0 Å². The molecule has 0 aromatic carbocycles. The number of carbonyl (C=O) groups is 1.